The van der Waals surface area contributed by atoms with Gasteiger partial charge in [-0.2, -0.15) is 0 Å². The zero-order chi connectivity index (χ0) is 12.3. The summed E-state index contributed by atoms with van der Waals surface area (Å²) in [6.45, 7) is 9.81. The summed E-state index contributed by atoms with van der Waals surface area (Å²) >= 11 is 1.70. The third-order valence-corrected chi connectivity index (χ3v) is 3.87. The van der Waals surface area contributed by atoms with Gasteiger partial charge in [0.15, 0.2) is 0 Å². The second kappa shape index (κ2) is 5.78. The maximum Gasteiger partial charge on any atom is 0.208 e. The van der Waals surface area contributed by atoms with Crippen molar-refractivity contribution >= 4 is 16.5 Å². The fourth-order valence-electron chi connectivity index (χ4n) is 2.26. The predicted molar refractivity (Wildman–Crippen MR) is 72.7 cm³/mol. The molecule has 1 atom stereocenters. The Kier molecular flexibility index (Phi) is 4.34. The molecule has 0 amide bonds. The van der Waals surface area contributed by atoms with Crippen LogP contribution in [0.3, 0.4) is 0 Å². The Morgan fingerprint density at radius 3 is 2.82 bits per heavy atom. The van der Waals surface area contributed by atoms with Crippen molar-refractivity contribution in [1.82, 2.24) is 15.5 Å². The highest BCUT2D eigenvalue weighted by Gasteiger charge is 2.20. The summed E-state index contributed by atoms with van der Waals surface area (Å²) < 4.78 is 0. The maximum absolute atomic E-state index is 4.28. The number of aryl methyl sites for hydroxylation is 1. The van der Waals surface area contributed by atoms with E-state index in [-0.39, 0.29) is 0 Å². The van der Waals surface area contributed by atoms with Crippen LogP contribution in [0, 0.1) is 12.8 Å². The van der Waals surface area contributed by atoms with Crippen molar-refractivity contribution < 1.29 is 0 Å². The van der Waals surface area contributed by atoms with Gasteiger partial charge in [-0.15, -0.1) is 10.2 Å². The highest BCUT2D eigenvalue weighted by atomic mass is 32.1. The van der Waals surface area contributed by atoms with Crippen LogP contribution in [-0.4, -0.2) is 35.9 Å². The third kappa shape index (κ3) is 3.64. The van der Waals surface area contributed by atoms with E-state index in [0.29, 0.717) is 12.0 Å². The molecule has 1 aliphatic heterocycles. The average Bonchev–Trinajstić information content (AvgIpc) is 2.87. The fraction of sp³-hybridized carbons (Fsp3) is 0.833. The van der Waals surface area contributed by atoms with Gasteiger partial charge in [0.1, 0.15) is 5.01 Å². The Morgan fingerprint density at radius 2 is 2.29 bits per heavy atom. The van der Waals surface area contributed by atoms with E-state index in [9.17, 15) is 0 Å². The van der Waals surface area contributed by atoms with Gasteiger partial charge >= 0.3 is 0 Å². The first-order chi connectivity index (χ1) is 8.15. The molecule has 1 saturated heterocycles. The predicted octanol–water partition coefficient (Wildman–Crippen LogP) is 2.06. The van der Waals surface area contributed by atoms with Crippen LogP contribution < -0.4 is 10.2 Å². The van der Waals surface area contributed by atoms with Gasteiger partial charge in [-0.3, -0.25) is 0 Å². The Morgan fingerprint density at radius 1 is 1.47 bits per heavy atom. The second-order valence-corrected chi connectivity index (χ2v) is 6.36. The molecule has 0 aliphatic carbocycles. The lowest BCUT2D eigenvalue weighted by molar-refractivity contribution is 0.539. The van der Waals surface area contributed by atoms with Crippen molar-refractivity contribution in [2.45, 2.75) is 39.7 Å². The van der Waals surface area contributed by atoms with E-state index in [1.165, 1.54) is 12.8 Å². The molecule has 0 aromatic carbocycles. The molecular weight excluding hydrogens is 232 g/mol. The molecule has 1 unspecified atom stereocenters. The number of rotatable bonds is 5. The lowest BCUT2D eigenvalue weighted by Crippen LogP contribution is -2.39. The van der Waals surface area contributed by atoms with Gasteiger partial charge in [-0.25, -0.2) is 0 Å². The molecule has 1 aliphatic rings. The molecule has 0 radical (unpaired) electrons. The van der Waals surface area contributed by atoms with Gasteiger partial charge in [-0.05, 0) is 32.2 Å². The molecule has 1 N–H and O–H groups in total. The van der Waals surface area contributed by atoms with Crippen molar-refractivity contribution in [3.05, 3.63) is 5.01 Å². The Balaban J connectivity index is 2.01. The molecule has 2 heterocycles. The summed E-state index contributed by atoms with van der Waals surface area (Å²) in [6.07, 6.45) is 2.59. The molecule has 0 bridgehead atoms. The molecule has 5 heteroatoms. The van der Waals surface area contributed by atoms with E-state index in [1.54, 1.807) is 11.3 Å². The molecule has 1 fully saturated rings. The van der Waals surface area contributed by atoms with Crippen LogP contribution in [0.2, 0.25) is 0 Å². The molecule has 4 nitrogen and oxygen atoms in total. The molecule has 1 aromatic rings. The normalized spacial score (nSPS) is 20.1. The van der Waals surface area contributed by atoms with Crippen LogP contribution in [0.15, 0.2) is 0 Å². The largest absolute Gasteiger partial charge is 0.345 e. The molecule has 17 heavy (non-hydrogen) atoms. The van der Waals surface area contributed by atoms with Gasteiger partial charge in [-0.1, -0.05) is 25.2 Å². The first kappa shape index (κ1) is 12.8. The molecule has 0 saturated carbocycles. The number of hydrogen-bond donors (Lipinski definition) is 1. The van der Waals surface area contributed by atoms with Crippen LogP contribution in [-0.2, 0) is 0 Å². The van der Waals surface area contributed by atoms with E-state index in [4.69, 9.17) is 0 Å². The van der Waals surface area contributed by atoms with Crippen molar-refractivity contribution in [2.75, 3.05) is 24.5 Å². The highest BCUT2D eigenvalue weighted by molar-refractivity contribution is 7.15. The maximum atomic E-state index is 4.28. The van der Waals surface area contributed by atoms with Gasteiger partial charge < -0.3 is 10.2 Å². The van der Waals surface area contributed by atoms with Crippen molar-refractivity contribution in [3.8, 4) is 0 Å². The lowest BCUT2D eigenvalue weighted by atomic mass is 10.2. The smallest absolute Gasteiger partial charge is 0.208 e. The van der Waals surface area contributed by atoms with E-state index >= 15 is 0 Å². The molecule has 96 valence electrons. The minimum Gasteiger partial charge on any atom is -0.345 e. The van der Waals surface area contributed by atoms with Gasteiger partial charge in [0.2, 0.25) is 5.13 Å². The van der Waals surface area contributed by atoms with E-state index in [1.807, 2.05) is 6.92 Å². The van der Waals surface area contributed by atoms with E-state index < -0.39 is 0 Å². The van der Waals surface area contributed by atoms with Gasteiger partial charge in [0.25, 0.3) is 0 Å². The Labute approximate surface area is 107 Å². The SMILES string of the molecule is Cc1nnc(N(CC(C)C)CC2CCCN2)s1. The standard InChI is InChI=1S/C12H22N4S/c1-9(2)7-16(8-11-5-4-6-13-11)12-15-14-10(3)17-12/h9,11,13H,4-8H2,1-3H3. The summed E-state index contributed by atoms with van der Waals surface area (Å²) in [7, 11) is 0. The highest BCUT2D eigenvalue weighted by Crippen LogP contribution is 2.22. The summed E-state index contributed by atoms with van der Waals surface area (Å²) in [5, 5.41) is 14.1. The zero-order valence-electron chi connectivity index (χ0n) is 10.9. The average molecular weight is 254 g/mol. The summed E-state index contributed by atoms with van der Waals surface area (Å²) in [6, 6.07) is 0.623. The van der Waals surface area contributed by atoms with Crippen LogP contribution in [0.25, 0.3) is 0 Å². The number of aromatic nitrogens is 2. The third-order valence-electron chi connectivity index (χ3n) is 2.97. The first-order valence-corrected chi connectivity index (χ1v) is 7.25. The number of nitrogens with zero attached hydrogens (tertiary/aromatic N) is 3. The lowest BCUT2D eigenvalue weighted by Gasteiger charge is -2.26. The first-order valence-electron chi connectivity index (χ1n) is 6.43. The molecule has 0 spiro atoms. The van der Waals surface area contributed by atoms with E-state index in [2.05, 4.69) is 34.3 Å². The molecule has 2 rings (SSSR count). The van der Waals surface area contributed by atoms with Gasteiger partial charge in [0, 0.05) is 19.1 Å². The van der Waals surface area contributed by atoms with Crippen LogP contribution >= 0.6 is 11.3 Å². The summed E-state index contributed by atoms with van der Waals surface area (Å²) in [5.74, 6) is 0.653. The minimum atomic E-state index is 0.623. The number of hydrogen-bond acceptors (Lipinski definition) is 5. The second-order valence-electron chi connectivity index (χ2n) is 5.20. The zero-order valence-corrected chi connectivity index (χ0v) is 11.8. The Bertz CT molecular complexity index is 344. The van der Waals surface area contributed by atoms with Crippen LogP contribution in [0.4, 0.5) is 5.13 Å². The number of nitrogens with one attached hydrogen (secondary N) is 1. The summed E-state index contributed by atoms with van der Waals surface area (Å²) in [4.78, 5) is 2.39. The van der Waals surface area contributed by atoms with Crippen molar-refractivity contribution in [2.24, 2.45) is 5.92 Å². The quantitative estimate of drug-likeness (QED) is 0.873. The van der Waals surface area contributed by atoms with Gasteiger partial charge in [0.05, 0.1) is 0 Å². The monoisotopic (exact) mass is 254 g/mol. The van der Waals surface area contributed by atoms with Crippen molar-refractivity contribution in [3.63, 3.8) is 0 Å². The minimum absolute atomic E-state index is 0.623. The summed E-state index contributed by atoms with van der Waals surface area (Å²) in [5.41, 5.74) is 0. The topological polar surface area (TPSA) is 41.1 Å². The molecular formula is C12H22N4S. The molecule has 1 aromatic heterocycles. The van der Waals surface area contributed by atoms with Crippen LogP contribution in [0.5, 0.6) is 0 Å². The number of anilines is 1. The van der Waals surface area contributed by atoms with E-state index in [0.717, 1.165) is 29.8 Å². The Hall–Kier alpha value is -0.680. The fourth-order valence-corrected chi connectivity index (χ4v) is 2.97. The van der Waals surface area contributed by atoms with Crippen LogP contribution in [0.1, 0.15) is 31.7 Å². The van der Waals surface area contributed by atoms with Crippen molar-refractivity contribution in [1.29, 1.82) is 0 Å².